The Morgan fingerprint density at radius 2 is 1.63 bits per heavy atom. The maximum absolute atomic E-state index is 13.4. The molecule has 2 atom stereocenters. The van der Waals surface area contributed by atoms with E-state index in [4.69, 9.17) is 4.74 Å². The van der Waals surface area contributed by atoms with Crippen molar-refractivity contribution < 1.29 is 22.7 Å². The van der Waals surface area contributed by atoms with Gasteiger partial charge in [0.2, 0.25) is 10.0 Å². The summed E-state index contributed by atoms with van der Waals surface area (Å²) in [4.78, 5) is 30.6. The van der Waals surface area contributed by atoms with Crippen LogP contribution in [-0.4, -0.2) is 48.3 Å². The monoisotopic (exact) mass is 535 g/mol. The molecule has 2 unspecified atom stereocenters. The van der Waals surface area contributed by atoms with E-state index in [1.165, 1.54) is 4.31 Å². The predicted molar refractivity (Wildman–Crippen MR) is 144 cm³/mol. The highest BCUT2D eigenvalue weighted by atomic mass is 32.2. The summed E-state index contributed by atoms with van der Waals surface area (Å²) in [5, 5.41) is 2.83. The molecule has 1 aromatic heterocycles. The number of amides is 1. The van der Waals surface area contributed by atoms with Gasteiger partial charge in [0.1, 0.15) is 6.04 Å². The number of sulfonamides is 1. The summed E-state index contributed by atoms with van der Waals surface area (Å²) < 4.78 is 33.6. The van der Waals surface area contributed by atoms with Gasteiger partial charge < -0.3 is 10.1 Å². The third kappa shape index (κ3) is 7.72. The van der Waals surface area contributed by atoms with Crippen LogP contribution in [0, 0.1) is 0 Å². The summed E-state index contributed by atoms with van der Waals surface area (Å²) in [7, 11) is -3.76. The molecule has 1 saturated heterocycles. The van der Waals surface area contributed by atoms with Gasteiger partial charge in [-0.15, -0.1) is 0 Å². The number of benzene rings is 2. The molecule has 0 saturated carbocycles. The van der Waals surface area contributed by atoms with Crippen LogP contribution in [0.5, 0.6) is 0 Å². The van der Waals surface area contributed by atoms with Gasteiger partial charge in [0.05, 0.1) is 5.75 Å². The Bertz CT molecular complexity index is 1290. The lowest BCUT2D eigenvalue weighted by atomic mass is 10.0. The Labute approximate surface area is 224 Å². The number of ether oxygens (including phenoxy) is 1. The van der Waals surface area contributed by atoms with Crippen LogP contribution < -0.4 is 5.32 Å². The number of hydrogen-bond acceptors (Lipinski definition) is 6. The highest BCUT2D eigenvalue weighted by Crippen LogP contribution is 2.25. The Morgan fingerprint density at radius 3 is 2.32 bits per heavy atom. The number of nitrogens with zero attached hydrogens (tertiary/aromatic N) is 2. The molecule has 1 fully saturated rings. The number of aromatic nitrogens is 1. The molecule has 8 nitrogen and oxygen atoms in total. The van der Waals surface area contributed by atoms with E-state index in [1.807, 2.05) is 42.5 Å². The summed E-state index contributed by atoms with van der Waals surface area (Å²) in [6, 6.07) is 21.2. The minimum Gasteiger partial charge on any atom is -0.451 e. The standard InChI is InChI=1S/C29H33N3O5S/c33-28(31-21-25-14-9-18-30-20-25)27(17-16-23-10-3-1-4-11-23)37-29(34)26-15-7-8-19-32(26)38(35,36)22-24-12-5-2-6-13-24/h1-6,9-14,18,20,26-27H,7-8,15-17,19,21-22H2,(H,31,33). The van der Waals surface area contributed by atoms with Gasteiger partial charge in [-0.3, -0.25) is 14.6 Å². The van der Waals surface area contributed by atoms with Gasteiger partial charge in [0.15, 0.2) is 6.10 Å². The zero-order valence-electron chi connectivity index (χ0n) is 21.2. The predicted octanol–water partition coefficient (Wildman–Crippen LogP) is 3.63. The summed E-state index contributed by atoms with van der Waals surface area (Å²) in [5.74, 6) is -1.30. The number of nitrogens with one attached hydrogen (secondary N) is 1. The van der Waals surface area contributed by atoms with E-state index in [1.54, 1.807) is 42.7 Å². The van der Waals surface area contributed by atoms with Crippen molar-refractivity contribution in [1.82, 2.24) is 14.6 Å². The van der Waals surface area contributed by atoms with Crippen LogP contribution in [0.25, 0.3) is 0 Å². The summed E-state index contributed by atoms with van der Waals surface area (Å²) in [6.07, 6.45) is 4.79. The Kier molecular flexibility index (Phi) is 9.62. The van der Waals surface area contributed by atoms with E-state index < -0.39 is 34.0 Å². The molecule has 1 aliphatic rings. The fraction of sp³-hybridized carbons (Fsp3) is 0.345. The second-order valence-corrected chi connectivity index (χ2v) is 11.3. The fourth-order valence-corrected chi connectivity index (χ4v) is 6.32. The minimum absolute atomic E-state index is 0.194. The molecule has 38 heavy (non-hydrogen) atoms. The number of esters is 1. The number of rotatable bonds is 11. The molecule has 9 heteroatoms. The Hall–Kier alpha value is -3.56. The van der Waals surface area contributed by atoms with E-state index in [9.17, 15) is 18.0 Å². The number of pyridine rings is 1. The molecule has 0 bridgehead atoms. The van der Waals surface area contributed by atoms with Gasteiger partial charge in [0.25, 0.3) is 5.91 Å². The van der Waals surface area contributed by atoms with Crippen LogP contribution in [0.15, 0.2) is 85.2 Å². The van der Waals surface area contributed by atoms with Crippen molar-refractivity contribution >= 4 is 21.9 Å². The molecule has 200 valence electrons. The Balaban J connectivity index is 1.47. The molecule has 2 aromatic carbocycles. The molecule has 4 rings (SSSR count). The third-order valence-corrected chi connectivity index (χ3v) is 8.40. The first-order valence-electron chi connectivity index (χ1n) is 12.9. The van der Waals surface area contributed by atoms with E-state index in [0.717, 1.165) is 11.1 Å². The molecule has 0 aliphatic carbocycles. The zero-order chi connectivity index (χ0) is 26.8. The average Bonchev–Trinajstić information content (AvgIpc) is 2.95. The van der Waals surface area contributed by atoms with Gasteiger partial charge in [-0.2, -0.15) is 4.31 Å². The highest BCUT2D eigenvalue weighted by molar-refractivity contribution is 7.88. The van der Waals surface area contributed by atoms with Crippen molar-refractivity contribution in [2.75, 3.05) is 6.54 Å². The summed E-state index contributed by atoms with van der Waals surface area (Å²) in [5.41, 5.74) is 2.48. The summed E-state index contributed by atoms with van der Waals surface area (Å²) >= 11 is 0. The van der Waals surface area contributed by atoms with Gasteiger partial charge in [0, 0.05) is 25.5 Å². The first kappa shape index (κ1) is 27.5. The lowest BCUT2D eigenvalue weighted by molar-refractivity contribution is -0.160. The van der Waals surface area contributed by atoms with Gasteiger partial charge in [-0.1, -0.05) is 66.7 Å². The number of carbonyl (C=O) groups is 2. The van der Waals surface area contributed by atoms with E-state index >= 15 is 0 Å². The largest absolute Gasteiger partial charge is 0.451 e. The SMILES string of the molecule is O=C(NCc1cccnc1)C(CCc1ccccc1)OC(=O)C1CCCCN1S(=O)(=O)Cc1ccccc1. The fourth-order valence-electron chi connectivity index (χ4n) is 4.55. The quantitative estimate of drug-likeness (QED) is 0.376. The number of piperidine rings is 1. The highest BCUT2D eigenvalue weighted by Gasteiger charge is 2.39. The van der Waals surface area contributed by atoms with Crippen LogP contribution in [0.1, 0.15) is 42.4 Å². The molecule has 0 spiro atoms. The second-order valence-electron chi connectivity index (χ2n) is 9.39. The molecular formula is C29H33N3O5S. The molecular weight excluding hydrogens is 502 g/mol. The zero-order valence-corrected chi connectivity index (χ0v) is 22.1. The van der Waals surface area contributed by atoms with E-state index in [-0.39, 0.29) is 25.3 Å². The molecule has 1 aliphatic heterocycles. The maximum Gasteiger partial charge on any atom is 0.325 e. The van der Waals surface area contributed by atoms with E-state index in [2.05, 4.69) is 10.3 Å². The van der Waals surface area contributed by atoms with Crippen LogP contribution in [0.3, 0.4) is 0 Å². The van der Waals surface area contributed by atoms with Crippen molar-refractivity contribution in [2.24, 2.45) is 0 Å². The molecule has 2 heterocycles. The maximum atomic E-state index is 13.4. The van der Waals surface area contributed by atoms with Crippen molar-refractivity contribution in [3.63, 3.8) is 0 Å². The number of carbonyl (C=O) groups excluding carboxylic acids is 2. The smallest absolute Gasteiger partial charge is 0.325 e. The topological polar surface area (TPSA) is 106 Å². The van der Waals surface area contributed by atoms with Crippen molar-refractivity contribution in [3.05, 3.63) is 102 Å². The normalized spacial score (nSPS) is 16.9. The van der Waals surface area contributed by atoms with Crippen molar-refractivity contribution in [1.29, 1.82) is 0 Å². The average molecular weight is 536 g/mol. The van der Waals surface area contributed by atoms with Crippen LogP contribution in [0.2, 0.25) is 0 Å². The minimum atomic E-state index is -3.76. The van der Waals surface area contributed by atoms with Crippen LogP contribution in [0.4, 0.5) is 0 Å². The lowest BCUT2D eigenvalue weighted by Gasteiger charge is -2.34. The van der Waals surface area contributed by atoms with Crippen LogP contribution in [-0.2, 0) is 43.1 Å². The first-order chi connectivity index (χ1) is 18.4. The molecule has 1 N–H and O–H groups in total. The second kappa shape index (κ2) is 13.3. The number of aryl methyl sites for hydroxylation is 1. The van der Waals surface area contributed by atoms with Gasteiger partial charge >= 0.3 is 5.97 Å². The van der Waals surface area contributed by atoms with Gasteiger partial charge in [-0.25, -0.2) is 8.42 Å². The first-order valence-corrected chi connectivity index (χ1v) is 14.5. The van der Waals surface area contributed by atoms with Crippen molar-refractivity contribution in [3.8, 4) is 0 Å². The Morgan fingerprint density at radius 1 is 0.947 bits per heavy atom. The van der Waals surface area contributed by atoms with E-state index in [0.29, 0.717) is 31.2 Å². The van der Waals surface area contributed by atoms with Gasteiger partial charge in [-0.05, 0) is 54.9 Å². The lowest BCUT2D eigenvalue weighted by Crippen LogP contribution is -2.50. The van der Waals surface area contributed by atoms with Crippen LogP contribution >= 0.6 is 0 Å². The van der Waals surface area contributed by atoms with Crippen molar-refractivity contribution in [2.45, 2.75) is 56.5 Å². The molecule has 3 aromatic rings. The molecule has 1 amide bonds. The summed E-state index contributed by atoms with van der Waals surface area (Å²) in [6.45, 7) is 0.490. The number of hydrogen-bond donors (Lipinski definition) is 1. The third-order valence-electron chi connectivity index (χ3n) is 6.55. The molecule has 0 radical (unpaired) electrons.